The SMILES string of the molecule is CC(C)CN(C[C@H](O)[C@H](Cc1ccccc1)NC(=O)CC(C)CN1CC(=O)N(Cc2ccc([N+](=O)[O-])cc2)C1=O)S(=O)(=O)c1ccc(Cl)c(N)c1. The van der Waals surface area contributed by atoms with E-state index in [0.717, 1.165) is 10.5 Å². The zero-order chi connectivity index (χ0) is 37.5. The number of benzene rings is 3. The summed E-state index contributed by atoms with van der Waals surface area (Å²) in [5, 5.41) is 25.6. The minimum absolute atomic E-state index is 0.0452. The molecule has 4 rings (SSSR count). The van der Waals surface area contributed by atoms with E-state index in [1.54, 1.807) is 6.92 Å². The number of sulfonamides is 1. The van der Waals surface area contributed by atoms with Gasteiger partial charge >= 0.3 is 6.03 Å². The number of nitro groups is 1. The zero-order valence-electron chi connectivity index (χ0n) is 28.6. The van der Waals surface area contributed by atoms with Gasteiger partial charge < -0.3 is 21.1 Å². The van der Waals surface area contributed by atoms with Gasteiger partial charge in [0.05, 0.1) is 39.2 Å². The van der Waals surface area contributed by atoms with E-state index in [4.69, 9.17) is 17.3 Å². The number of non-ortho nitro benzene ring substituents is 1. The molecule has 4 N–H and O–H groups in total. The molecule has 1 aliphatic heterocycles. The van der Waals surface area contributed by atoms with Gasteiger partial charge in [0, 0.05) is 38.2 Å². The van der Waals surface area contributed by atoms with Gasteiger partial charge in [-0.3, -0.25) is 24.6 Å². The van der Waals surface area contributed by atoms with Crippen LogP contribution >= 0.6 is 11.6 Å². The van der Waals surface area contributed by atoms with Gasteiger partial charge in [-0.25, -0.2) is 13.2 Å². The fourth-order valence-corrected chi connectivity index (χ4v) is 7.59. The standard InChI is InChI=1S/C35H43ClN6O8S/c1-23(2)18-40(51(49,50)28-13-14-29(36)30(37)17-28)21-32(43)31(16-25-7-5-4-6-8-25)38-33(44)15-24(3)19-39-22-34(45)41(35(39)46)20-26-9-11-27(12-10-26)42(47)48/h4-14,17,23-24,31-32,43H,15-16,18-22,37H2,1-3H3,(H,38,44)/t24?,31-,32-/m0/s1. The van der Waals surface area contributed by atoms with Crippen LogP contribution in [0.3, 0.4) is 0 Å². The van der Waals surface area contributed by atoms with Crippen LogP contribution in [-0.4, -0.2) is 88.7 Å². The normalized spacial score (nSPS) is 15.4. The van der Waals surface area contributed by atoms with Crippen LogP contribution in [0.5, 0.6) is 0 Å². The van der Waals surface area contributed by atoms with E-state index in [0.29, 0.717) is 5.56 Å². The maximum Gasteiger partial charge on any atom is 0.327 e. The molecular weight excluding hydrogens is 700 g/mol. The van der Waals surface area contributed by atoms with Gasteiger partial charge in [-0.1, -0.05) is 74.8 Å². The number of aliphatic hydroxyl groups is 1. The summed E-state index contributed by atoms with van der Waals surface area (Å²) in [5.41, 5.74) is 7.25. The van der Waals surface area contributed by atoms with Gasteiger partial charge in [0.1, 0.15) is 6.54 Å². The molecule has 274 valence electrons. The number of nitrogen functional groups attached to an aromatic ring is 1. The number of hydrogen-bond donors (Lipinski definition) is 3. The highest BCUT2D eigenvalue weighted by molar-refractivity contribution is 7.89. The lowest BCUT2D eigenvalue weighted by Gasteiger charge is -2.31. The van der Waals surface area contributed by atoms with Crippen molar-refractivity contribution in [2.75, 3.05) is 31.9 Å². The van der Waals surface area contributed by atoms with E-state index in [-0.39, 0.29) is 78.7 Å². The van der Waals surface area contributed by atoms with Gasteiger partial charge in [0.2, 0.25) is 15.9 Å². The summed E-state index contributed by atoms with van der Waals surface area (Å²) < 4.78 is 28.7. The number of aliphatic hydroxyl groups excluding tert-OH is 1. The number of anilines is 1. The van der Waals surface area contributed by atoms with Crippen molar-refractivity contribution in [1.82, 2.24) is 19.4 Å². The number of carbonyl (C=O) groups excluding carboxylic acids is 3. The highest BCUT2D eigenvalue weighted by Gasteiger charge is 2.37. The Hall–Kier alpha value is -4.57. The Labute approximate surface area is 302 Å². The molecule has 1 aliphatic rings. The van der Waals surface area contributed by atoms with E-state index in [1.807, 2.05) is 44.2 Å². The largest absolute Gasteiger partial charge is 0.397 e. The predicted molar refractivity (Wildman–Crippen MR) is 192 cm³/mol. The Kier molecular flexibility index (Phi) is 13.1. The van der Waals surface area contributed by atoms with E-state index < -0.39 is 44.9 Å². The third-order valence-electron chi connectivity index (χ3n) is 8.36. The highest BCUT2D eigenvalue weighted by atomic mass is 35.5. The minimum atomic E-state index is -4.11. The molecule has 1 fully saturated rings. The van der Waals surface area contributed by atoms with Crippen molar-refractivity contribution in [1.29, 1.82) is 0 Å². The number of amides is 4. The molecule has 1 unspecified atom stereocenters. The van der Waals surface area contributed by atoms with Gasteiger partial charge in [-0.15, -0.1) is 0 Å². The number of nitro benzene ring substituents is 1. The smallest absolute Gasteiger partial charge is 0.327 e. The molecule has 0 aliphatic carbocycles. The molecule has 16 heteroatoms. The summed E-state index contributed by atoms with van der Waals surface area (Å²) in [6.45, 7) is 5.12. The molecule has 1 heterocycles. The third kappa shape index (κ3) is 10.5. The summed E-state index contributed by atoms with van der Waals surface area (Å²) in [6.07, 6.45) is -1.15. The van der Waals surface area contributed by atoms with Crippen LogP contribution in [0.25, 0.3) is 0 Å². The zero-order valence-corrected chi connectivity index (χ0v) is 30.2. The molecule has 1 saturated heterocycles. The number of hydrogen-bond acceptors (Lipinski definition) is 9. The fraction of sp³-hybridized carbons (Fsp3) is 0.400. The summed E-state index contributed by atoms with van der Waals surface area (Å²) >= 11 is 6.02. The first kappa shape index (κ1) is 39.2. The van der Waals surface area contributed by atoms with Gasteiger partial charge in [-0.05, 0) is 47.6 Å². The summed E-state index contributed by atoms with van der Waals surface area (Å²) in [4.78, 5) is 52.0. The number of nitrogens with one attached hydrogen (secondary N) is 1. The van der Waals surface area contributed by atoms with Gasteiger partial charge in [-0.2, -0.15) is 4.31 Å². The number of nitrogens with two attached hydrogens (primary N) is 1. The van der Waals surface area contributed by atoms with Crippen LogP contribution in [0.15, 0.2) is 77.7 Å². The first-order chi connectivity index (χ1) is 24.0. The fourth-order valence-electron chi connectivity index (χ4n) is 5.82. The van der Waals surface area contributed by atoms with E-state index in [2.05, 4.69) is 5.32 Å². The molecule has 51 heavy (non-hydrogen) atoms. The first-order valence-electron chi connectivity index (χ1n) is 16.4. The quantitative estimate of drug-likeness (QED) is 0.0791. The van der Waals surface area contributed by atoms with E-state index in [1.165, 1.54) is 51.7 Å². The average molecular weight is 743 g/mol. The monoisotopic (exact) mass is 742 g/mol. The van der Waals surface area contributed by atoms with Crippen molar-refractivity contribution in [3.8, 4) is 0 Å². The minimum Gasteiger partial charge on any atom is -0.397 e. The predicted octanol–water partition coefficient (Wildman–Crippen LogP) is 4.06. The second-order valence-electron chi connectivity index (χ2n) is 13.2. The summed E-state index contributed by atoms with van der Waals surface area (Å²) in [5.74, 6) is -1.33. The molecule has 0 radical (unpaired) electrons. The topological polar surface area (TPSA) is 196 Å². The van der Waals surface area contributed by atoms with E-state index in [9.17, 15) is 38.0 Å². The Balaban J connectivity index is 1.43. The third-order valence-corrected chi connectivity index (χ3v) is 10.5. The first-order valence-corrected chi connectivity index (χ1v) is 18.3. The van der Waals surface area contributed by atoms with Crippen LogP contribution in [-0.2, 0) is 32.6 Å². The number of rotatable bonds is 17. The Morgan fingerprint density at radius 1 is 1.04 bits per heavy atom. The lowest BCUT2D eigenvalue weighted by Crippen LogP contribution is -2.51. The number of nitrogens with zero attached hydrogens (tertiary/aromatic N) is 4. The van der Waals surface area contributed by atoms with Crippen molar-refractivity contribution in [2.24, 2.45) is 11.8 Å². The van der Waals surface area contributed by atoms with Crippen LogP contribution < -0.4 is 11.1 Å². The van der Waals surface area contributed by atoms with Crippen LogP contribution in [0, 0.1) is 22.0 Å². The van der Waals surface area contributed by atoms with Gasteiger partial charge in [0.25, 0.3) is 11.6 Å². The van der Waals surface area contributed by atoms with Crippen LogP contribution in [0.1, 0.15) is 38.3 Å². The van der Waals surface area contributed by atoms with Crippen LogP contribution in [0.4, 0.5) is 16.2 Å². The second-order valence-corrected chi connectivity index (χ2v) is 15.6. The number of urea groups is 1. The van der Waals surface area contributed by atoms with Crippen molar-refractivity contribution in [3.63, 3.8) is 0 Å². The molecule has 3 aromatic rings. The van der Waals surface area contributed by atoms with Crippen molar-refractivity contribution >= 4 is 50.8 Å². The molecule has 0 saturated carbocycles. The summed E-state index contributed by atoms with van der Waals surface area (Å²) in [6, 6.07) is 17.4. The maximum absolute atomic E-state index is 13.7. The van der Waals surface area contributed by atoms with Crippen molar-refractivity contribution in [3.05, 3.63) is 99.1 Å². The molecule has 3 aromatic carbocycles. The Morgan fingerprint density at radius 2 is 1.71 bits per heavy atom. The van der Waals surface area contributed by atoms with Crippen molar-refractivity contribution < 1.29 is 32.8 Å². The molecular formula is C35H43ClN6O8S. The molecule has 0 bridgehead atoms. The lowest BCUT2D eigenvalue weighted by molar-refractivity contribution is -0.384. The molecule has 0 aromatic heterocycles. The van der Waals surface area contributed by atoms with Crippen LogP contribution in [0.2, 0.25) is 5.02 Å². The molecule has 4 amide bonds. The summed E-state index contributed by atoms with van der Waals surface area (Å²) in [7, 11) is -4.11. The highest BCUT2D eigenvalue weighted by Crippen LogP contribution is 2.26. The number of carbonyl (C=O) groups is 3. The molecule has 3 atom stereocenters. The number of halogens is 1. The maximum atomic E-state index is 13.7. The second kappa shape index (κ2) is 17.1. The Bertz CT molecular complexity index is 1830. The Morgan fingerprint density at radius 3 is 2.31 bits per heavy atom. The molecule has 0 spiro atoms. The van der Waals surface area contributed by atoms with Crippen molar-refractivity contribution in [2.45, 2.75) is 57.2 Å². The van der Waals surface area contributed by atoms with Gasteiger partial charge in [0.15, 0.2) is 0 Å². The molecule has 14 nitrogen and oxygen atoms in total. The lowest BCUT2D eigenvalue weighted by atomic mass is 9.99. The number of imide groups is 1. The van der Waals surface area contributed by atoms with E-state index >= 15 is 0 Å². The average Bonchev–Trinajstić information content (AvgIpc) is 3.32.